The Morgan fingerprint density at radius 2 is 1.82 bits per heavy atom. The van der Waals surface area contributed by atoms with Crippen LogP contribution in [0.5, 0.6) is 5.75 Å². The van der Waals surface area contributed by atoms with Crippen molar-refractivity contribution in [1.29, 1.82) is 0 Å². The number of hydrogen-bond donors (Lipinski definition) is 1. The van der Waals surface area contributed by atoms with Crippen molar-refractivity contribution >= 4 is 35.0 Å². The van der Waals surface area contributed by atoms with E-state index < -0.39 is 6.04 Å². The van der Waals surface area contributed by atoms with E-state index in [4.69, 9.17) is 27.9 Å². The summed E-state index contributed by atoms with van der Waals surface area (Å²) in [5.41, 5.74) is 2.81. The van der Waals surface area contributed by atoms with Gasteiger partial charge in [0.15, 0.2) is 6.61 Å². The van der Waals surface area contributed by atoms with Gasteiger partial charge < -0.3 is 15.0 Å². The lowest BCUT2D eigenvalue weighted by Crippen LogP contribution is -2.52. The number of carbonyl (C=O) groups is 2. The van der Waals surface area contributed by atoms with Gasteiger partial charge in [-0.2, -0.15) is 0 Å². The van der Waals surface area contributed by atoms with Crippen molar-refractivity contribution in [3.8, 4) is 5.75 Å². The van der Waals surface area contributed by atoms with Crippen LogP contribution >= 0.6 is 23.2 Å². The third-order valence-electron chi connectivity index (χ3n) is 6.12. The number of nitrogens with zero attached hydrogens (tertiary/aromatic N) is 1. The molecule has 178 valence electrons. The third kappa shape index (κ3) is 6.87. The van der Waals surface area contributed by atoms with Crippen molar-refractivity contribution in [3.63, 3.8) is 0 Å². The second kappa shape index (κ2) is 11.8. The van der Waals surface area contributed by atoms with Crippen LogP contribution in [-0.4, -0.2) is 35.4 Å². The van der Waals surface area contributed by atoms with Crippen molar-refractivity contribution in [1.82, 2.24) is 10.2 Å². The van der Waals surface area contributed by atoms with Gasteiger partial charge in [-0.25, -0.2) is 0 Å². The van der Waals surface area contributed by atoms with E-state index in [0.29, 0.717) is 22.2 Å². The van der Waals surface area contributed by atoms with Gasteiger partial charge in [0.1, 0.15) is 11.8 Å². The SMILES string of the molecule is CC[C@H](C(=O)NC1CCCC1)N(Cc1ccc(Cl)c(Cl)c1)C(=O)COc1cc(C)ccc1C. The van der Waals surface area contributed by atoms with E-state index in [1.165, 1.54) is 0 Å². The fourth-order valence-corrected chi connectivity index (χ4v) is 4.53. The standard InChI is InChI=1S/C26H32Cl2N2O3/c1-4-23(26(32)29-20-7-5-6-8-20)30(15-19-11-12-21(27)22(28)14-19)25(31)16-33-24-13-17(2)9-10-18(24)3/h9-14,20,23H,4-8,15-16H2,1-3H3,(H,29,32)/t23-/m1/s1. The summed E-state index contributed by atoms with van der Waals surface area (Å²) in [5, 5.41) is 4.00. The van der Waals surface area contributed by atoms with Gasteiger partial charge in [0, 0.05) is 12.6 Å². The summed E-state index contributed by atoms with van der Waals surface area (Å²) in [6, 6.07) is 10.7. The van der Waals surface area contributed by atoms with Crippen LogP contribution < -0.4 is 10.1 Å². The third-order valence-corrected chi connectivity index (χ3v) is 6.86. The Balaban J connectivity index is 1.80. The molecule has 0 aromatic heterocycles. The minimum atomic E-state index is -0.602. The van der Waals surface area contributed by atoms with E-state index >= 15 is 0 Å². The molecular weight excluding hydrogens is 459 g/mol. The van der Waals surface area contributed by atoms with Gasteiger partial charge in [-0.3, -0.25) is 9.59 Å². The van der Waals surface area contributed by atoms with Gasteiger partial charge in [-0.05, 0) is 68.0 Å². The summed E-state index contributed by atoms with van der Waals surface area (Å²) in [6.07, 6.45) is 4.71. The summed E-state index contributed by atoms with van der Waals surface area (Å²) < 4.78 is 5.88. The maximum absolute atomic E-state index is 13.4. The summed E-state index contributed by atoms with van der Waals surface area (Å²) >= 11 is 12.3. The van der Waals surface area contributed by atoms with Crippen molar-refractivity contribution in [2.24, 2.45) is 0 Å². The number of nitrogens with one attached hydrogen (secondary N) is 1. The van der Waals surface area contributed by atoms with Crippen LogP contribution in [-0.2, 0) is 16.1 Å². The van der Waals surface area contributed by atoms with Gasteiger partial charge in [0.05, 0.1) is 10.0 Å². The minimum Gasteiger partial charge on any atom is -0.483 e. The normalized spacial score (nSPS) is 14.7. The highest BCUT2D eigenvalue weighted by Gasteiger charge is 2.31. The molecule has 0 bridgehead atoms. The topological polar surface area (TPSA) is 58.6 Å². The zero-order valence-electron chi connectivity index (χ0n) is 19.5. The molecule has 5 nitrogen and oxygen atoms in total. The molecule has 1 N–H and O–H groups in total. The molecule has 2 aromatic rings. The first-order valence-electron chi connectivity index (χ1n) is 11.5. The maximum atomic E-state index is 13.4. The molecule has 0 spiro atoms. The highest BCUT2D eigenvalue weighted by Crippen LogP contribution is 2.25. The van der Waals surface area contributed by atoms with Crippen LogP contribution in [0.3, 0.4) is 0 Å². The van der Waals surface area contributed by atoms with E-state index in [0.717, 1.165) is 42.4 Å². The first kappa shape index (κ1) is 25.4. The predicted octanol–water partition coefficient (Wildman–Crippen LogP) is 5.86. The lowest BCUT2D eigenvalue weighted by Gasteiger charge is -2.31. The number of aryl methyl sites for hydroxylation is 2. The molecule has 7 heteroatoms. The van der Waals surface area contributed by atoms with Crippen LogP contribution in [0.25, 0.3) is 0 Å². The number of ether oxygens (including phenoxy) is 1. The molecule has 0 radical (unpaired) electrons. The first-order chi connectivity index (χ1) is 15.8. The molecule has 1 atom stereocenters. The number of carbonyl (C=O) groups excluding carboxylic acids is 2. The highest BCUT2D eigenvalue weighted by atomic mass is 35.5. The van der Waals surface area contributed by atoms with Crippen molar-refractivity contribution in [2.45, 2.75) is 71.5 Å². The predicted molar refractivity (Wildman–Crippen MR) is 133 cm³/mol. The Morgan fingerprint density at radius 3 is 2.48 bits per heavy atom. The zero-order valence-corrected chi connectivity index (χ0v) is 21.0. The summed E-state index contributed by atoms with van der Waals surface area (Å²) in [5.74, 6) is 0.293. The highest BCUT2D eigenvalue weighted by molar-refractivity contribution is 6.42. The Morgan fingerprint density at radius 1 is 1.09 bits per heavy atom. The molecule has 1 saturated carbocycles. The largest absolute Gasteiger partial charge is 0.483 e. The van der Waals surface area contributed by atoms with E-state index in [2.05, 4.69) is 5.32 Å². The number of amides is 2. The fourth-order valence-electron chi connectivity index (χ4n) is 4.21. The van der Waals surface area contributed by atoms with Crippen molar-refractivity contribution in [3.05, 3.63) is 63.1 Å². The Hall–Kier alpha value is -2.24. The van der Waals surface area contributed by atoms with E-state index in [9.17, 15) is 9.59 Å². The van der Waals surface area contributed by atoms with Gasteiger partial charge in [-0.15, -0.1) is 0 Å². The zero-order chi connectivity index (χ0) is 24.0. The molecule has 0 saturated heterocycles. The fraction of sp³-hybridized carbons (Fsp3) is 0.462. The molecule has 2 aromatic carbocycles. The Kier molecular flexibility index (Phi) is 9.04. The quantitative estimate of drug-likeness (QED) is 0.479. The molecule has 0 unspecified atom stereocenters. The summed E-state index contributed by atoms with van der Waals surface area (Å²) in [7, 11) is 0. The molecule has 33 heavy (non-hydrogen) atoms. The average Bonchev–Trinajstić information content (AvgIpc) is 3.29. The first-order valence-corrected chi connectivity index (χ1v) is 12.3. The van der Waals surface area contributed by atoms with Gasteiger partial charge in [0.2, 0.25) is 5.91 Å². The van der Waals surface area contributed by atoms with E-state index in [1.54, 1.807) is 17.0 Å². The molecule has 0 heterocycles. The van der Waals surface area contributed by atoms with Crippen LogP contribution in [0.15, 0.2) is 36.4 Å². The number of benzene rings is 2. The molecule has 1 aliphatic rings. The number of halogens is 2. The van der Waals surface area contributed by atoms with Gasteiger partial charge in [0.25, 0.3) is 5.91 Å². The van der Waals surface area contributed by atoms with Crippen molar-refractivity contribution in [2.75, 3.05) is 6.61 Å². The van der Waals surface area contributed by atoms with Gasteiger partial charge >= 0.3 is 0 Å². The Labute approximate surface area is 206 Å². The van der Waals surface area contributed by atoms with Crippen LogP contribution in [0.4, 0.5) is 0 Å². The lowest BCUT2D eigenvalue weighted by atomic mass is 10.1. The molecule has 0 aliphatic heterocycles. The van der Waals surface area contributed by atoms with Crippen molar-refractivity contribution < 1.29 is 14.3 Å². The van der Waals surface area contributed by atoms with Crippen LogP contribution in [0.2, 0.25) is 10.0 Å². The maximum Gasteiger partial charge on any atom is 0.261 e. The summed E-state index contributed by atoms with van der Waals surface area (Å²) in [6.45, 7) is 5.92. The average molecular weight is 491 g/mol. The molecule has 2 amide bonds. The number of hydrogen-bond acceptors (Lipinski definition) is 3. The second-order valence-electron chi connectivity index (χ2n) is 8.74. The van der Waals surface area contributed by atoms with Crippen LogP contribution in [0.1, 0.15) is 55.7 Å². The monoisotopic (exact) mass is 490 g/mol. The lowest BCUT2D eigenvalue weighted by molar-refractivity contribution is -0.143. The van der Waals surface area contributed by atoms with Crippen LogP contribution in [0, 0.1) is 13.8 Å². The summed E-state index contributed by atoms with van der Waals surface area (Å²) in [4.78, 5) is 28.1. The van der Waals surface area contributed by atoms with Gasteiger partial charge in [-0.1, -0.05) is 61.2 Å². The second-order valence-corrected chi connectivity index (χ2v) is 9.56. The molecule has 1 aliphatic carbocycles. The van der Waals surface area contributed by atoms with E-state index in [-0.39, 0.29) is 31.0 Å². The molecule has 3 rings (SSSR count). The molecule has 1 fully saturated rings. The smallest absolute Gasteiger partial charge is 0.261 e. The Bertz CT molecular complexity index is 989. The minimum absolute atomic E-state index is 0.121. The van der Waals surface area contributed by atoms with E-state index in [1.807, 2.05) is 45.0 Å². The molecular formula is C26H32Cl2N2O3. The number of rotatable bonds is 9.